The molecule has 1 aromatic rings. The summed E-state index contributed by atoms with van der Waals surface area (Å²) in [4.78, 5) is 20.8. The summed E-state index contributed by atoms with van der Waals surface area (Å²) < 4.78 is 0. The summed E-state index contributed by atoms with van der Waals surface area (Å²) in [5.41, 5.74) is 0.546. The van der Waals surface area contributed by atoms with Crippen molar-refractivity contribution in [2.24, 2.45) is 0 Å². The molecule has 0 spiro atoms. The number of nitrogens with one attached hydrogen (secondary N) is 1. The monoisotopic (exact) mass is 182 g/mol. The third kappa shape index (κ3) is 0.919. The summed E-state index contributed by atoms with van der Waals surface area (Å²) in [5.74, 6) is 0.482. The minimum absolute atomic E-state index is 0.271. The molecule has 2 amide bonds. The van der Waals surface area contributed by atoms with Crippen molar-refractivity contribution < 1.29 is 9.90 Å². The highest BCUT2D eigenvalue weighted by atomic mass is 16.3. The van der Waals surface area contributed by atoms with Crippen molar-refractivity contribution in [3.05, 3.63) is 12.0 Å². The minimum Gasteiger partial charge on any atom is -0.368 e. The van der Waals surface area contributed by atoms with Crippen molar-refractivity contribution in [1.29, 1.82) is 0 Å². The number of aliphatic hydroxyl groups excluding tert-OH is 1. The van der Waals surface area contributed by atoms with Crippen LogP contribution in [-0.2, 0) is 0 Å². The third-order valence-corrected chi connectivity index (χ3v) is 2.18. The number of carbonyl (C=O) groups excluding carboxylic acids is 1. The molecule has 0 aliphatic carbocycles. The first-order chi connectivity index (χ1) is 6.13. The summed E-state index contributed by atoms with van der Waals surface area (Å²) in [7, 11) is 3.15. The van der Waals surface area contributed by atoms with Gasteiger partial charge in [-0.3, -0.25) is 9.80 Å². The Bertz CT molecular complexity index is 348. The van der Waals surface area contributed by atoms with E-state index >= 15 is 0 Å². The van der Waals surface area contributed by atoms with Crippen LogP contribution in [0.15, 0.2) is 6.33 Å². The molecular weight excluding hydrogens is 172 g/mol. The number of carbonyl (C=O) groups is 1. The summed E-state index contributed by atoms with van der Waals surface area (Å²) in [6.45, 7) is 0. The first-order valence-corrected chi connectivity index (χ1v) is 3.84. The Balaban J connectivity index is 2.52. The Morgan fingerprint density at radius 2 is 2.31 bits per heavy atom. The number of urea groups is 1. The maximum Gasteiger partial charge on any atom is 0.327 e. The van der Waals surface area contributed by atoms with E-state index in [4.69, 9.17) is 0 Å². The summed E-state index contributed by atoms with van der Waals surface area (Å²) in [6.07, 6.45) is 0.526. The molecular formula is C7H10N4O2. The van der Waals surface area contributed by atoms with Gasteiger partial charge >= 0.3 is 6.03 Å². The highest BCUT2D eigenvalue weighted by Gasteiger charge is 2.34. The van der Waals surface area contributed by atoms with E-state index in [1.54, 1.807) is 7.05 Å². The number of rotatable bonds is 0. The van der Waals surface area contributed by atoms with Crippen molar-refractivity contribution in [3.63, 3.8) is 0 Å². The third-order valence-electron chi connectivity index (χ3n) is 2.18. The van der Waals surface area contributed by atoms with Crippen LogP contribution < -0.4 is 4.90 Å². The van der Waals surface area contributed by atoms with Crippen LogP contribution in [0.4, 0.5) is 10.6 Å². The average Bonchev–Trinajstić information content (AvgIpc) is 2.59. The second-order valence-electron chi connectivity index (χ2n) is 2.97. The number of amides is 2. The lowest BCUT2D eigenvalue weighted by atomic mass is 10.3. The predicted molar refractivity (Wildman–Crippen MR) is 45.1 cm³/mol. The van der Waals surface area contributed by atoms with Crippen LogP contribution in [0.25, 0.3) is 0 Å². The maximum absolute atomic E-state index is 11.4. The van der Waals surface area contributed by atoms with Gasteiger partial charge in [-0.15, -0.1) is 0 Å². The number of aliphatic hydroxyl groups is 1. The average molecular weight is 182 g/mol. The Kier molecular flexibility index (Phi) is 1.53. The lowest BCUT2D eigenvalue weighted by molar-refractivity contribution is 0.0410. The van der Waals surface area contributed by atoms with Gasteiger partial charge in [-0.1, -0.05) is 0 Å². The normalized spacial score (nSPS) is 22.1. The van der Waals surface area contributed by atoms with Crippen LogP contribution in [0.3, 0.4) is 0 Å². The highest BCUT2D eigenvalue weighted by Crippen LogP contribution is 2.29. The van der Waals surface area contributed by atoms with E-state index in [0.717, 1.165) is 0 Å². The Labute approximate surface area is 74.8 Å². The molecule has 70 valence electrons. The van der Waals surface area contributed by atoms with E-state index in [0.29, 0.717) is 11.5 Å². The van der Waals surface area contributed by atoms with Gasteiger partial charge in [0.25, 0.3) is 0 Å². The minimum atomic E-state index is -0.929. The fourth-order valence-corrected chi connectivity index (χ4v) is 1.38. The number of nitrogens with zero attached hydrogens (tertiary/aromatic N) is 3. The Morgan fingerprint density at radius 3 is 3.00 bits per heavy atom. The molecule has 6 nitrogen and oxygen atoms in total. The van der Waals surface area contributed by atoms with Gasteiger partial charge in [-0.25, -0.2) is 9.78 Å². The zero-order valence-corrected chi connectivity index (χ0v) is 7.35. The van der Waals surface area contributed by atoms with Crippen LogP contribution in [0.1, 0.15) is 11.9 Å². The molecule has 1 aliphatic rings. The SMILES string of the molecule is CN1C(=O)N(C)C(O)c2[nH]cnc21. The van der Waals surface area contributed by atoms with Gasteiger partial charge in [0.2, 0.25) is 0 Å². The zero-order valence-electron chi connectivity index (χ0n) is 7.35. The number of anilines is 1. The molecule has 2 N–H and O–H groups in total. The topological polar surface area (TPSA) is 72.5 Å². The van der Waals surface area contributed by atoms with Crippen molar-refractivity contribution in [2.75, 3.05) is 19.0 Å². The molecule has 0 fully saturated rings. The molecule has 6 heteroatoms. The van der Waals surface area contributed by atoms with E-state index in [9.17, 15) is 9.90 Å². The predicted octanol–water partition coefficient (Wildman–Crippen LogP) is -0.0978. The molecule has 13 heavy (non-hydrogen) atoms. The Hall–Kier alpha value is -1.56. The van der Waals surface area contributed by atoms with E-state index < -0.39 is 6.23 Å². The smallest absolute Gasteiger partial charge is 0.327 e. The van der Waals surface area contributed by atoms with Crippen LogP contribution >= 0.6 is 0 Å². The summed E-state index contributed by atoms with van der Waals surface area (Å²) >= 11 is 0. The van der Waals surface area contributed by atoms with Crippen molar-refractivity contribution in [1.82, 2.24) is 14.9 Å². The molecule has 0 bridgehead atoms. The van der Waals surface area contributed by atoms with Gasteiger partial charge in [0, 0.05) is 14.1 Å². The summed E-state index contributed by atoms with van der Waals surface area (Å²) in [6, 6.07) is -0.271. The van der Waals surface area contributed by atoms with Crippen LogP contribution in [0.2, 0.25) is 0 Å². The number of imidazole rings is 1. The molecule has 1 atom stereocenters. The molecule has 0 saturated carbocycles. The first-order valence-electron chi connectivity index (χ1n) is 3.84. The van der Waals surface area contributed by atoms with Crippen LogP contribution in [0, 0.1) is 0 Å². The number of fused-ring (bicyclic) bond motifs is 1. The van der Waals surface area contributed by atoms with Crippen molar-refractivity contribution >= 4 is 11.8 Å². The lowest BCUT2D eigenvalue weighted by Gasteiger charge is -2.33. The fourth-order valence-electron chi connectivity index (χ4n) is 1.38. The van der Waals surface area contributed by atoms with Gasteiger partial charge in [0.1, 0.15) is 5.69 Å². The summed E-state index contributed by atoms with van der Waals surface area (Å²) in [5, 5.41) is 9.61. The number of aromatic nitrogens is 2. The quantitative estimate of drug-likeness (QED) is 0.588. The standard InChI is InChI=1S/C7H10N4O2/c1-10-5-4(8-3-9-5)6(12)11(2)7(10)13/h3,6,12H,1-2H3,(H,8,9). The van der Waals surface area contributed by atoms with Gasteiger partial charge in [-0.2, -0.15) is 0 Å². The van der Waals surface area contributed by atoms with Gasteiger partial charge in [0.05, 0.1) is 6.33 Å². The zero-order chi connectivity index (χ0) is 9.59. The fraction of sp³-hybridized carbons (Fsp3) is 0.429. The molecule has 2 rings (SSSR count). The second kappa shape index (κ2) is 2.46. The molecule has 1 aliphatic heterocycles. The number of aromatic amines is 1. The number of hydrogen-bond acceptors (Lipinski definition) is 3. The number of hydrogen-bond donors (Lipinski definition) is 2. The molecule has 0 aromatic carbocycles. The van der Waals surface area contributed by atoms with E-state index in [1.165, 1.54) is 23.2 Å². The lowest BCUT2D eigenvalue weighted by Crippen LogP contribution is -2.45. The molecule has 0 saturated heterocycles. The van der Waals surface area contributed by atoms with Gasteiger partial charge in [0.15, 0.2) is 12.0 Å². The second-order valence-corrected chi connectivity index (χ2v) is 2.97. The van der Waals surface area contributed by atoms with Crippen molar-refractivity contribution in [3.8, 4) is 0 Å². The van der Waals surface area contributed by atoms with E-state index in [-0.39, 0.29) is 6.03 Å². The largest absolute Gasteiger partial charge is 0.368 e. The molecule has 1 aromatic heterocycles. The number of H-pyrrole nitrogens is 1. The maximum atomic E-state index is 11.4. The van der Waals surface area contributed by atoms with Crippen LogP contribution in [-0.4, -0.2) is 40.1 Å². The molecule has 0 radical (unpaired) electrons. The van der Waals surface area contributed by atoms with Crippen molar-refractivity contribution in [2.45, 2.75) is 6.23 Å². The highest BCUT2D eigenvalue weighted by molar-refractivity contribution is 5.93. The molecule has 1 unspecified atom stereocenters. The first kappa shape index (κ1) is 8.06. The van der Waals surface area contributed by atoms with E-state index in [2.05, 4.69) is 9.97 Å². The Morgan fingerprint density at radius 1 is 1.62 bits per heavy atom. The van der Waals surface area contributed by atoms with Gasteiger partial charge in [-0.05, 0) is 0 Å². The van der Waals surface area contributed by atoms with Crippen LogP contribution in [0.5, 0.6) is 0 Å². The van der Waals surface area contributed by atoms with Gasteiger partial charge < -0.3 is 10.1 Å². The van der Waals surface area contributed by atoms with E-state index in [1.807, 2.05) is 0 Å². The molecule has 2 heterocycles.